The Morgan fingerprint density at radius 2 is 1.83 bits per heavy atom. The maximum atomic E-state index is 13.4. The van der Waals surface area contributed by atoms with Gasteiger partial charge in [-0.05, 0) is 61.6 Å². The van der Waals surface area contributed by atoms with Crippen molar-refractivity contribution in [3.05, 3.63) is 58.0 Å². The van der Waals surface area contributed by atoms with Crippen LogP contribution < -0.4 is 15.2 Å². The minimum absolute atomic E-state index is 0.0549. The standard InChI is InChI=1S/C22H21N3O4/c23-11-14-1-7-18-19(9-14)24(12-15-2-8-20-21(10-15)29-13-28-20)22(27)25(18)16-3-5-17(26)6-4-16/h1-2,7-10,16-17,26H,3-6,12-13H2. The van der Waals surface area contributed by atoms with E-state index in [1.807, 2.05) is 28.8 Å². The molecule has 148 valence electrons. The number of benzene rings is 2. The third kappa shape index (κ3) is 3.06. The van der Waals surface area contributed by atoms with E-state index in [9.17, 15) is 15.2 Å². The van der Waals surface area contributed by atoms with Crippen LogP contribution in [0.4, 0.5) is 0 Å². The lowest BCUT2D eigenvalue weighted by Crippen LogP contribution is -2.31. The summed E-state index contributed by atoms with van der Waals surface area (Å²) in [7, 11) is 0. The van der Waals surface area contributed by atoms with Crippen molar-refractivity contribution in [1.29, 1.82) is 5.26 Å². The quantitative estimate of drug-likeness (QED) is 0.741. The van der Waals surface area contributed by atoms with Crippen molar-refractivity contribution in [3.63, 3.8) is 0 Å². The number of rotatable bonds is 3. The summed E-state index contributed by atoms with van der Waals surface area (Å²) in [6.07, 6.45) is 2.65. The van der Waals surface area contributed by atoms with Crippen LogP contribution in [0.3, 0.4) is 0 Å². The summed E-state index contributed by atoms with van der Waals surface area (Å²) in [5.41, 5.74) is 2.94. The number of aliphatic hydroxyl groups excluding tert-OH is 1. The highest BCUT2D eigenvalue weighted by Gasteiger charge is 2.26. The number of imidazole rings is 1. The lowest BCUT2D eigenvalue weighted by molar-refractivity contribution is 0.110. The van der Waals surface area contributed by atoms with Gasteiger partial charge in [0.15, 0.2) is 11.5 Å². The molecule has 1 fully saturated rings. The molecule has 0 amide bonds. The molecule has 1 aliphatic carbocycles. The molecule has 2 heterocycles. The molecule has 29 heavy (non-hydrogen) atoms. The van der Waals surface area contributed by atoms with Crippen molar-refractivity contribution in [2.24, 2.45) is 0 Å². The van der Waals surface area contributed by atoms with Crippen molar-refractivity contribution < 1.29 is 14.6 Å². The molecule has 1 aliphatic heterocycles. The SMILES string of the molecule is N#Cc1ccc2c(c1)n(Cc1ccc3c(c1)OCO3)c(=O)n2C1CCC(O)CC1. The van der Waals surface area contributed by atoms with Crippen molar-refractivity contribution in [2.75, 3.05) is 6.79 Å². The number of aliphatic hydroxyl groups is 1. The monoisotopic (exact) mass is 391 g/mol. The molecule has 7 heteroatoms. The van der Waals surface area contributed by atoms with Crippen molar-refractivity contribution in [2.45, 2.75) is 44.4 Å². The lowest BCUT2D eigenvalue weighted by atomic mass is 9.93. The maximum absolute atomic E-state index is 13.4. The Balaban J connectivity index is 1.61. The average molecular weight is 391 g/mol. The van der Waals surface area contributed by atoms with Gasteiger partial charge in [-0.25, -0.2) is 4.79 Å². The Hall–Kier alpha value is -3.24. The number of fused-ring (bicyclic) bond motifs is 2. The van der Waals surface area contributed by atoms with Crippen LogP contribution >= 0.6 is 0 Å². The Morgan fingerprint density at radius 3 is 2.62 bits per heavy atom. The molecular weight excluding hydrogens is 370 g/mol. The van der Waals surface area contributed by atoms with Gasteiger partial charge in [0.05, 0.1) is 35.3 Å². The molecular formula is C22H21N3O4. The summed E-state index contributed by atoms with van der Waals surface area (Å²) in [6.45, 7) is 0.584. The molecule has 3 aromatic rings. The van der Waals surface area contributed by atoms with Gasteiger partial charge in [-0.3, -0.25) is 9.13 Å². The van der Waals surface area contributed by atoms with E-state index in [1.54, 1.807) is 16.7 Å². The molecule has 2 aromatic carbocycles. The van der Waals surface area contributed by atoms with Crippen molar-refractivity contribution in [1.82, 2.24) is 9.13 Å². The van der Waals surface area contributed by atoms with Gasteiger partial charge in [0.25, 0.3) is 0 Å². The van der Waals surface area contributed by atoms with E-state index in [2.05, 4.69) is 6.07 Å². The number of nitrogens with zero attached hydrogens (tertiary/aromatic N) is 3. The minimum Gasteiger partial charge on any atom is -0.454 e. The molecule has 2 aliphatic rings. The first-order valence-corrected chi connectivity index (χ1v) is 9.85. The molecule has 7 nitrogen and oxygen atoms in total. The lowest BCUT2D eigenvalue weighted by Gasteiger charge is -2.26. The molecule has 0 unspecified atom stereocenters. The van der Waals surface area contributed by atoms with Gasteiger partial charge in [0, 0.05) is 6.04 Å². The van der Waals surface area contributed by atoms with Gasteiger partial charge in [0.1, 0.15) is 0 Å². The van der Waals surface area contributed by atoms with Crippen molar-refractivity contribution >= 4 is 11.0 Å². The van der Waals surface area contributed by atoms with Crippen LogP contribution in [0.1, 0.15) is 42.9 Å². The van der Waals surface area contributed by atoms with Gasteiger partial charge >= 0.3 is 5.69 Å². The highest BCUT2D eigenvalue weighted by molar-refractivity contribution is 5.78. The summed E-state index contributed by atoms with van der Waals surface area (Å²) >= 11 is 0. The van der Waals surface area contributed by atoms with E-state index < -0.39 is 0 Å². The fourth-order valence-corrected chi connectivity index (χ4v) is 4.39. The zero-order valence-electron chi connectivity index (χ0n) is 15.9. The van der Waals surface area contributed by atoms with Crippen molar-refractivity contribution in [3.8, 4) is 17.6 Å². The summed E-state index contributed by atoms with van der Waals surface area (Å²) < 4.78 is 14.4. The number of hydrogen-bond donors (Lipinski definition) is 1. The summed E-state index contributed by atoms with van der Waals surface area (Å²) in [6, 6.07) is 13.3. The number of aromatic nitrogens is 2. The van der Waals surface area contributed by atoms with Crippen LogP contribution in [0.15, 0.2) is 41.2 Å². The van der Waals surface area contributed by atoms with Crippen LogP contribution in [0.5, 0.6) is 11.5 Å². The average Bonchev–Trinajstić information content (AvgIpc) is 3.31. The fourth-order valence-electron chi connectivity index (χ4n) is 4.39. The second kappa shape index (κ2) is 6.98. The first-order valence-electron chi connectivity index (χ1n) is 9.85. The van der Waals surface area contributed by atoms with Crippen LogP contribution in [0, 0.1) is 11.3 Å². The van der Waals surface area contributed by atoms with Gasteiger partial charge in [-0.2, -0.15) is 5.26 Å². The molecule has 0 saturated heterocycles. The third-order valence-electron chi connectivity index (χ3n) is 5.90. The van der Waals surface area contributed by atoms with Gasteiger partial charge < -0.3 is 14.6 Å². The van der Waals surface area contributed by atoms with Crippen LogP contribution in [-0.4, -0.2) is 27.1 Å². The van der Waals surface area contributed by atoms with E-state index in [1.165, 1.54) is 0 Å². The minimum atomic E-state index is -0.283. The zero-order valence-corrected chi connectivity index (χ0v) is 15.9. The molecule has 1 aromatic heterocycles. The second-order valence-electron chi connectivity index (χ2n) is 7.70. The summed E-state index contributed by atoms with van der Waals surface area (Å²) in [4.78, 5) is 13.4. The Bertz CT molecular complexity index is 1180. The predicted octanol–water partition coefficient (Wildman–Crippen LogP) is 2.93. The zero-order chi connectivity index (χ0) is 20.0. The van der Waals surface area contributed by atoms with Crippen LogP contribution in [0.25, 0.3) is 11.0 Å². The van der Waals surface area contributed by atoms with E-state index in [0.29, 0.717) is 36.4 Å². The van der Waals surface area contributed by atoms with Crippen LogP contribution in [-0.2, 0) is 6.54 Å². The van der Waals surface area contributed by atoms with E-state index in [-0.39, 0.29) is 24.6 Å². The van der Waals surface area contributed by atoms with E-state index in [0.717, 1.165) is 29.4 Å². The summed E-state index contributed by atoms with van der Waals surface area (Å²) in [5.74, 6) is 1.38. The molecule has 5 rings (SSSR count). The molecule has 1 N–H and O–H groups in total. The van der Waals surface area contributed by atoms with Gasteiger partial charge in [-0.15, -0.1) is 0 Å². The van der Waals surface area contributed by atoms with Gasteiger partial charge in [0.2, 0.25) is 6.79 Å². The van der Waals surface area contributed by atoms with E-state index >= 15 is 0 Å². The fraction of sp³-hybridized carbons (Fsp3) is 0.364. The molecule has 0 radical (unpaired) electrons. The summed E-state index contributed by atoms with van der Waals surface area (Å²) in [5, 5.41) is 19.2. The van der Waals surface area contributed by atoms with Crippen LogP contribution in [0.2, 0.25) is 0 Å². The number of ether oxygens (including phenoxy) is 2. The van der Waals surface area contributed by atoms with E-state index in [4.69, 9.17) is 9.47 Å². The third-order valence-corrected chi connectivity index (χ3v) is 5.90. The highest BCUT2D eigenvalue weighted by atomic mass is 16.7. The molecule has 0 atom stereocenters. The largest absolute Gasteiger partial charge is 0.454 e. The topological polar surface area (TPSA) is 89.4 Å². The van der Waals surface area contributed by atoms with Gasteiger partial charge in [-0.1, -0.05) is 6.07 Å². The Kier molecular flexibility index (Phi) is 4.29. The molecule has 1 saturated carbocycles. The number of nitriles is 1. The normalized spacial score (nSPS) is 20.7. The smallest absolute Gasteiger partial charge is 0.329 e. The number of hydrogen-bond acceptors (Lipinski definition) is 5. The first-order chi connectivity index (χ1) is 14.1. The molecule has 0 spiro atoms. The highest BCUT2D eigenvalue weighted by Crippen LogP contribution is 2.34. The Morgan fingerprint density at radius 1 is 1.03 bits per heavy atom. The second-order valence-corrected chi connectivity index (χ2v) is 7.70. The maximum Gasteiger partial charge on any atom is 0.329 e. The molecule has 0 bridgehead atoms. The Labute approximate surface area is 167 Å². The first kappa shape index (κ1) is 17.8. The predicted molar refractivity (Wildman–Crippen MR) is 106 cm³/mol.